The highest BCUT2D eigenvalue weighted by atomic mass is 35.5. The summed E-state index contributed by atoms with van der Waals surface area (Å²) in [5.74, 6) is -3.20. The van der Waals surface area contributed by atoms with Gasteiger partial charge in [-0.3, -0.25) is 4.39 Å². The molecular formula is C32H31ClF3NO2. The normalized spacial score (nSPS) is 16.1. The number of allylic oxidation sites excluding steroid dienone is 1. The van der Waals surface area contributed by atoms with Gasteiger partial charge < -0.3 is 10.0 Å². The zero-order chi connectivity index (χ0) is 27.7. The molecule has 1 N–H and O–H groups in total. The minimum atomic E-state index is -1.62. The molecule has 1 fully saturated rings. The topological polar surface area (TPSA) is 40.5 Å². The molecule has 1 saturated heterocycles. The van der Waals surface area contributed by atoms with Gasteiger partial charge in [0.2, 0.25) is 0 Å². The van der Waals surface area contributed by atoms with E-state index in [2.05, 4.69) is 4.90 Å². The molecule has 0 aromatic heterocycles. The highest BCUT2D eigenvalue weighted by molar-refractivity contribution is 6.33. The van der Waals surface area contributed by atoms with E-state index in [9.17, 15) is 14.3 Å². The number of hydrogen-bond acceptors (Lipinski definition) is 2. The van der Waals surface area contributed by atoms with Crippen LogP contribution >= 0.6 is 11.6 Å². The summed E-state index contributed by atoms with van der Waals surface area (Å²) in [7, 11) is 0. The summed E-state index contributed by atoms with van der Waals surface area (Å²) < 4.78 is 42.9. The molecule has 0 bridgehead atoms. The molecular weight excluding hydrogens is 523 g/mol. The molecule has 3 aromatic carbocycles. The van der Waals surface area contributed by atoms with Gasteiger partial charge in [0.1, 0.15) is 17.2 Å². The molecule has 0 spiro atoms. The zero-order valence-corrected chi connectivity index (χ0v) is 22.6. The van der Waals surface area contributed by atoms with E-state index >= 15 is 8.78 Å². The molecule has 7 heteroatoms. The Balaban J connectivity index is 1.57. The third-order valence-corrected chi connectivity index (χ3v) is 8.13. The summed E-state index contributed by atoms with van der Waals surface area (Å²) in [5, 5.41) is 10.0. The van der Waals surface area contributed by atoms with Crippen LogP contribution in [-0.4, -0.2) is 42.3 Å². The highest BCUT2D eigenvalue weighted by Crippen LogP contribution is 2.43. The quantitative estimate of drug-likeness (QED) is 0.310. The molecule has 2 aliphatic rings. The van der Waals surface area contributed by atoms with Crippen LogP contribution in [0.1, 0.15) is 63.0 Å². The van der Waals surface area contributed by atoms with Crippen molar-refractivity contribution in [2.45, 2.75) is 39.0 Å². The Labute approximate surface area is 231 Å². The molecule has 204 valence electrons. The molecule has 0 saturated carbocycles. The summed E-state index contributed by atoms with van der Waals surface area (Å²) >= 11 is 6.69. The fourth-order valence-electron chi connectivity index (χ4n) is 5.93. The van der Waals surface area contributed by atoms with Crippen LogP contribution in [-0.2, 0) is 12.8 Å². The van der Waals surface area contributed by atoms with Gasteiger partial charge in [0, 0.05) is 24.7 Å². The summed E-state index contributed by atoms with van der Waals surface area (Å²) in [6.45, 7) is 4.37. The van der Waals surface area contributed by atoms with Crippen molar-refractivity contribution in [2.75, 3.05) is 26.3 Å². The average molecular weight is 554 g/mol. The number of carboxylic acids is 1. The molecule has 3 nitrogen and oxygen atoms in total. The molecule has 0 amide bonds. The maximum Gasteiger partial charge on any atom is 0.341 e. The van der Waals surface area contributed by atoms with Crippen molar-refractivity contribution in [3.05, 3.63) is 104 Å². The van der Waals surface area contributed by atoms with Gasteiger partial charge in [-0.1, -0.05) is 48.0 Å². The number of carbonyl (C=O) groups is 1. The highest BCUT2D eigenvalue weighted by Gasteiger charge is 2.29. The molecule has 5 rings (SSSR count). The summed E-state index contributed by atoms with van der Waals surface area (Å²) in [4.78, 5) is 13.9. The van der Waals surface area contributed by atoms with E-state index in [1.54, 1.807) is 0 Å². The van der Waals surface area contributed by atoms with Crippen LogP contribution in [0, 0.1) is 24.5 Å². The lowest BCUT2D eigenvalue weighted by Gasteiger charge is -2.39. The van der Waals surface area contributed by atoms with Crippen molar-refractivity contribution >= 4 is 28.7 Å². The van der Waals surface area contributed by atoms with Gasteiger partial charge in [0.15, 0.2) is 0 Å². The average Bonchev–Trinajstić information content (AvgIpc) is 3.05. The maximum atomic E-state index is 15.5. The van der Waals surface area contributed by atoms with E-state index in [0.29, 0.717) is 41.3 Å². The minimum Gasteiger partial charge on any atom is -0.477 e. The van der Waals surface area contributed by atoms with E-state index in [0.717, 1.165) is 53.9 Å². The fraction of sp³-hybridized carbons (Fsp3) is 0.344. The summed E-state index contributed by atoms with van der Waals surface area (Å²) in [5.41, 5.74) is 5.01. The van der Waals surface area contributed by atoms with E-state index in [4.69, 9.17) is 11.6 Å². The van der Waals surface area contributed by atoms with Crippen LogP contribution < -0.4 is 0 Å². The van der Waals surface area contributed by atoms with E-state index in [-0.39, 0.29) is 18.7 Å². The Bertz CT molecular complexity index is 1430. The molecule has 0 unspecified atom stereocenters. The SMILES string of the molecule is Cc1ccc(C2=C(c3ccc(CC4CN(CCCF)C4)cc3)c3cc(F)c(C(=O)O)c(F)c3CCC2)c(Cl)c1. The van der Waals surface area contributed by atoms with Crippen molar-refractivity contribution in [1.29, 1.82) is 0 Å². The van der Waals surface area contributed by atoms with Gasteiger partial charge in [0.05, 0.1) is 6.67 Å². The first-order valence-corrected chi connectivity index (χ1v) is 13.8. The van der Waals surface area contributed by atoms with Crippen molar-refractivity contribution in [2.24, 2.45) is 5.92 Å². The number of carboxylic acid groups (broad SMARTS) is 1. The fourth-order valence-corrected chi connectivity index (χ4v) is 6.28. The van der Waals surface area contributed by atoms with E-state index in [1.165, 1.54) is 6.07 Å². The Kier molecular flexibility index (Phi) is 8.15. The lowest BCUT2D eigenvalue weighted by molar-refractivity contribution is 0.0686. The summed E-state index contributed by atoms with van der Waals surface area (Å²) in [6.07, 6.45) is 2.91. The molecule has 1 heterocycles. The number of likely N-dealkylation sites (tertiary alicyclic amines) is 1. The standard InChI is InChI=1S/C32H31ClF3NO2/c1-19-6-11-23(27(33)14-19)24-4-2-5-25-26(16-28(35)30(31(25)36)32(38)39)29(24)22-9-7-20(8-10-22)15-21-17-37(18-21)13-3-12-34/h6-11,14,16,21H,2-5,12-13,15,17-18H2,1H3,(H,38,39). The van der Waals surface area contributed by atoms with Crippen LogP contribution in [0.2, 0.25) is 5.02 Å². The van der Waals surface area contributed by atoms with Gasteiger partial charge in [-0.25, -0.2) is 13.6 Å². The van der Waals surface area contributed by atoms with Crippen LogP contribution in [0.4, 0.5) is 13.2 Å². The number of aryl methyl sites for hydroxylation is 1. The molecule has 1 aliphatic carbocycles. The van der Waals surface area contributed by atoms with E-state index in [1.807, 2.05) is 49.4 Å². The predicted molar refractivity (Wildman–Crippen MR) is 149 cm³/mol. The molecule has 1 aliphatic heterocycles. The smallest absolute Gasteiger partial charge is 0.341 e. The third kappa shape index (κ3) is 5.64. The largest absolute Gasteiger partial charge is 0.477 e. The van der Waals surface area contributed by atoms with Crippen molar-refractivity contribution < 1.29 is 23.1 Å². The maximum absolute atomic E-state index is 15.5. The van der Waals surface area contributed by atoms with Gasteiger partial charge in [-0.05, 0) is 102 Å². The number of aromatic carboxylic acids is 1. The zero-order valence-electron chi connectivity index (χ0n) is 21.9. The van der Waals surface area contributed by atoms with E-state index < -0.39 is 23.2 Å². The Morgan fingerprint density at radius 1 is 1.05 bits per heavy atom. The second kappa shape index (κ2) is 11.6. The molecule has 0 radical (unpaired) electrons. The van der Waals surface area contributed by atoms with Crippen LogP contribution in [0.15, 0.2) is 48.5 Å². The monoisotopic (exact) mass is 553 g/mol. The number of rotatable bonds is 8. The van der Waals surface area contributed by atoms with Crippen molar-refractivity contribution in [3.63, 3.8) is 0 Å². The molecule has 0 atom stereocenters. The lowest BCUT2D eigenvalue weighted by atomic mass is 9.85. The molecule has 3 aromatic rings. The lowest BCUT2D eigenvalue weighted by Crippen LogP contribution is -2.47. The predicted octanol–water partition coefficient (Wildman–Crippen LogP) is 7.75. The van der Waals surface area contributed by atoms with Crippen molar-refractivity contribution in [1.82, 2.24) is 4.90 Å². The van der Waals surface area contributed by atoms with Gasteiger partial charge in [-0.15, -0.1) is 0 Å². The van der Waals surface area contributed by atoms with Crippen LogP contribution in [0.3, 0.4) is 0 Å². The first kappa shape index (κ1) is 27.5. The van der Waals surface area contributed by atoms with Crippen LogP contribution in [0.25, 0.3) is 11.1 Å². The first-order valence-electron chi connectivity index (χ1n) is 13.4. The number of nitrogens with zero attached hydrogens (tertiary/aromatic N) is 1. The van der Waals surface area contributed by atoms with Gasteiger partial charge >= 0.3 is 5.97 Å². The van der Waals surface area contributed by atoms with Gasteiger partial charge in [0.25, 0.3) is 0 Å². The second-order valence-corrected chi connectivity index (χ2v) is 11.0. The van der Waals surface area contributed by atoms with Crippen LogP contribution in [0.5, 0.6) is 0 Å². The number of fused-ring (bicyclic) bond motifs is 1. The second-order valence-electron chi connectivity index (χ2n) is 10.6. The number of benzene rings is 3. The third-order valence-electron chi connectivity index (χ3n) is 7.82. The minimum absolute atomic E-state index is 0.217. The Morgan fingerprint density at radius 2 is 1.79 bits per heavy atom. The van der Waals surface area contributed by atoms with Gasteiger partial charge in [-0.2, -0.15) is 0 Å². The molecule has 39 heavy (non-hydrogen) atoms. The first-order chi connectivity index (χ1) is 18.8. The Morgan fingerprint density at radius 3 is 2.46 bits per heavy atom. The number of alkyl halides is 1. The number of hydrogen-bond donors (Lipinski definition) is 1. The number of halogens is 4. The van der Waals surface area contributed by atoms with Crippen molar-refractivity contribution in [3.8, 4) is 0 Å². The Hall–Kier alpha value is -3.09. The summed E-state index contributed by atoms with van der Waals surface area (Å²) in [6, 6.07) is 15.0.